The van der Waals surface area contributed by atoms with E-state index in [0.717, 1.165) is 17.4 Å². The van der Waals surface area contributed by atoms with Crippen LogP contribution in [0.5, 0.6) is 11.5 Å². The van der Waals surface area contributed by atoms with Gasteiger partial charge in [-0.3, -0.25) is 4.79 Å². The van der Waals surface area contributed by atoms with E-state index in [1.807, 2.05) is 37.3 Å². The van der Waals surface area contributed by atoms with Crippen LogP contribution < -0.4 is 9.47 Å². The predicted octanol–water partition coefficient (Wildman–Crippen LogP) is 2.58. The number of carbonyl (C=O) groups is 2. The Balaban J connectivity index is 1.82. The first-order valence-corrected chi connectivity index (χ1v) is 8.33. The summed E-state index contributed by atoms with van der Waals surface area (Å²) in [5.41, 5.74) is 2.25. The number of amides is 1. The summed E-state index contributed by atoms with van der Waals surface area (Å²) in [5, 5.41) is 0. The molecule has 1 atom stereocenters. The van der Waals surface area contributed by atoms with Crippen LogP contribution in [0.4, 0.5) is 0 Å². The highest BCUT2D eigenvalue weighted by molar-refractivity contribution is 5.97. The second-order valence-corrected chi connectivity index (χ2v) is 6.07. The summed E-state index contributed by atoms with van der Waals surface area (Å²) in [7, 11) is 1.53. The lowest BCUT2D eigenvalue weighted by Crippen LogP contribution is -2.37. The number of aldehydes is 1. The molecule has 1 amide bonds. The van der Waals surface area contributed by atoms with Gasteiger partial charge in [-0.05, 0) is 30.2 Å². The van der Waals surface area contributed by atoms with Crippen LogP contribution in [-0.2, 0) is 16.1 Å². The molecule has 0 bridgehead atoms. The van der Waals surface area contributed by atoms with E-state index in [2.05, 4.69) is 0 Å². The second-order valence-electron chi connectivity index (χ2n) is 6.07. The van der Waals surface area contributed by atoms with E-state index in [1.54, 1.807) is 12.1 Å². The zero-order chi connectivity index (χ0) is 18.5. The minimum atomic E-state index is -0.554. The van der Waals surface area contributed by atoms with Gasteiger partial charge in [-0.2, -0.15) is 0 Å². The lowest BCUT2D eigenvalue weighted by Gasteiger charge is -2.20. The Morgan fingerprint density at radius 1 is 1.27 bits per heavy atom. The number of aryl methyl sites for hydroxylation is 1. The third-order valence-corrected chi connectivity index (χ3v) is 4.32. The summed E-state index contributed by atoms with van der Waals surface area (Å²) in [5.74, 6) is 0.776. The van der Waals surface area contributed by atoms with Crippen LogP contribution in [0.1, 0.15) is 21.5 Å². The molecule has 6 nitrogen and oxygen atoms in total. The van der Waals surface area contributed by atoms with Crippen molar-refractivity contribution in [3.8, 4) is 11.5 Å². The zero-order valence-electron chi connectivity index (χ0n) is 14.8. The van der Waals surface area contributed by atoms with Crippen molar-refractivity contribution in [3.05, 3.63) is 59.2 Å². The summed E-state index contributed by atoms with van der Waals surface area (Å²) < 4.78 is 16.5. The minimum absolute atomic E-state index is 0.107. The minimum Gasteiger partial charge on any atom is -0.493 e. The molecule has 3 rings (SSSR count). The summed E-state index contributed by atoms with van der Waals surface area (Å²) in [6, 6.07) is 12.7. The van der Waals surface area contributed by atoms with Gasteiger partial charge in [0.25, 0.3) is 5.91 Å². The maximum atomic E-state index is 12.8. The normalized spacial score (nSPS) is 16.4. The molecule has 1 heterocycles. The topological polar surface area (TPSA) is 65.1 Å². The number of methoxy groups -OCH3 is 1. The Kier molecular flexibility index (Phi) is 5.53. The van der Waals surface area contributed by atoms with Crippen LogP contribution in [-0.4, -0.2) is 43.6 Å². The molecular formula is C20H21NO5. The van der Waals surface area contributed by atoms with Gasteiger partial charge < -0.3 is 23.9 Å². The Bertz CT molecular complexity index is 790. The number of carbonyl (C=O) groups excluding carboxylic acids is 2. The van der Waals surface area contributed by atoms with Crippen molar-refractivity contribution in [2.24, 2.45) is 0 Å². The summed E-state index contributed by atoms with van der Waals surface area (Å²) >= 11 is 0. The molecule has 1 saturated heterocycles. The standard InChI is InChI=1S/C20H21NO5/c1-14-8-19(26-11-15-6-4-3-5-7-15)18(24-2)9-17(14)20(23)21-13-25-12-16(21)10-22/h3-10,16H,11-13H2,1-2H3/t16-/m1/s1. The van der Waals surface area contributed by atoms with Gasteiger partial charge in [0.15, 0.2) is 11.5 Å². The number of ether oxygens (including phenoxy) is 3. The van der Waals surface area contributed by atoms with E-state index in [1.165, 1.54) is 12.0 Å². The molecule has 2 aromatic rings. The summed E-state index contributed by atoms with van der Waals surface area (Å²) in [6.07, 6.45) is 0.731. The van der Waals surface area contributed by atoms with Gasteiger partial charge in [-0.15, -0.1) is 0 Å². The highest BCUT2D eigenvalue weighted by Gasteiger charge is 2.31. The molecule has 0 radical (unpaired) electrons. The van der Waals surface area contributed by atoms with E-state index < -0.39 is 6.04 Å². The van der Waals surface area contributed by atoms with Gasteiger partial charge in [0.2, 0.25) is 0 Å². The third-order valence-electron chi connectivity index (χ3n) is 4.32. The molecule has 136 valence electrons. The maximum Gasteiger partial charge on any atom is 0.256 e. The molecular weight excluding hydrogens is 334 g/mol. The van der Waals surface area contributed by atoms with Crippen molar-refractivity contribution in [2.45, 2.75) is 19.6 Å². The van der Waals surface area contributed by atoms with Crippen LogP contribution in [0, 0.1) is 6.92 Å². The highest BCUT2D eigenvalue weighted by atomic mass is 16.5. The molecule has 26 heavy (non-hydrogen) atoms. The van der Waals surface area contributed by atoms with Crippen LogP contribution in [0.2, 0.25) is 0 Å². The van der Waals surface area contributed by atoms with Gasteiger partial charge in [0.1, 0.15) is 25.7 Å². The predicted molar refractivity (Wildman–Crippen MR) is 95.3 cm³/mol. The van der Waals surface area contributed by atoms with Crippen LogP contribution >= 0.6 is 0 Å². The Labute approximate surface area is 152 Å². The fraction of sp³-hybridized carbons (Fsp3) is 0.300. The molecule has 0 saturated carbocycles. The first-order chi connectivity index (χ1) is 12.6. The first kappa shape index (κ1) is 17.9. The van der Waals surface area contributed by atoms with Crippen LogP contribution in [0.3, 0.4) is 0 Å². The fourth-order valence-electron chi connectivity index (χ4n) is 2.83. The Morgan fingerprint density at radius 3 is 2.73 bits per heavy atom. The average Bonchev–Trinajstić information content (AvgIpc) is 3.15. The number of benzene rings is 2. The molecule has 1 fully saturated rings. The van der Waals surface area contributed by atoms with Crippen molar-refractivity contribution in [3.63, 3.8) is 0 Å². The molecule has 0 unspecified atom stereocenters. The van der Waals surface area contributed by atoms with Crippen molar-refractivity contribution in [1.82, 2.24) is 4.90 Å². The van der Waals surface area contributed by atoms with Gasteiger partial charge in [0, 0.05) is 5.56 Å². The van der Waals surface area contributed by atoms with E-state index in [-0.39, 0.29) is 19.2 Å². The first-order valence-electron chi connectivity index (χ1n) is 8.33. The van der Waals surface area contributed by atoms with E-state index in [9.17, 15) is 9.59 Å². The van der Waals surface area contributed by atoms with Gasteiger partial charge in [-0.25, -0.2) is 0 Å². The second kappa shape index (κ2) is 8.01. The lowest BCUT2D eigenvalue weighted by atomic mass is 10.1. The molecule has 6 heteroatoms. The Hall–Kier alpha value is -2.86. The molecule has 1 aliphatic rings. The fourth-order valence-corrected chi connectivity index (χ4v) is 2.83. The van der Waals surface area contributed by atoms with Crippen molar-refractivity contribution < 1.29 is 23.8 Å². The smallest absolute Gasteiger partial charge is 0.256 e. The summed E-state index contributed by atoms with van der Waals surface area (Å²) in [4.78, 5) is 25.3. The average molecular weight is 355 g/mol. The van der Waals surface area contributed by atoms with Gasteiger partial charge >= 0.3 is 0 Å². The quantitative estimate of drug-likeness (QED) is 0.745. The van der Waals surface area contributed by atoms with E-state index >= 15 is 0 Å². The van der Waals surface area contributed by atoms with Crippen LogP contribution in [0.25, 0.3) is 0 Å². The number of hydrogen-bond acceptors (Lipinski definition) is 5. The molecule has 0 N–H and O–H groups in total. The van der Waals surface area contributed by atoms with Crippen molar-refractivity contribution in [2.75, 3.05) is 20.4 Å². The molecule has 0 aromatic heterocycles. The molecule has 2 aromatic carbocycles. The zero-order valence-corrected chi connectivity index (χ0v) is 14.8. The Morgan fingerprint density at radius 2 is 2.04 bits per heavy atom. The highest BCUT2D eigenvalue weighted by Crippen LogP contribution is 2.32. The SMILES string of the molecule is COc1cc(C(=O)N2COC[C@H]2C=O)c(C)cc1OCc1ccccc1. The molecule has 0 aliphatic carbocycles. The van der Waals surface area contributed by atoms with Gasteiger partial charge in [0.05, 0.1) is 13.7 Å². The van der Waals surface area contributed by atoms with Crippen molar-refractivity contribution in [1.29, 1.82) is 0 Å². The largest absolute Gasteiger partial charge is 0.493 e. The van der Waals surface area contributed by atoms with E-state index in [4.69, 9.17) is 14.2 Å². The summed E-state index contributed by atoms with van der Waals surface area (Å²) in [6.45, 7) is 2.56. The van der Waals surface area contributed by atoms with Crippen molar-refractivity contribution >= 4 is 12.2 Å². The van der Waals surface area contributed by atoms with Gasteiger partial charge in [-0.1, -0.05) is 30.3 Å². The maximum absolute atomic E-state index is 12.8. The van der Waals surface area contributed by atoms with Crippen LogP contribution in [0.15, 0.2) is 42.5 Å². The molecule has 0 spiro atoms. The monoisotopic (exact) mass is 355 g/mol. The van der Waals surface area contributed by atoms with E-state index in [0.29, 0.717) is 23.7 Å². The lowest BCUT2D eigenvalue weighted by molar-refractivity contribution is -0.110. The third kappa shape index (κ3) is 3.70. The molecule has 1 aliphatic heterocycles. The number of rotatable bonds is 6. The number of hydrogen-bond donors (Lipinski definition) is 0. The number of nitrogens with zero attached hydrogens (tertiary/aromatic N) is 1.